The van der Waals surface area contributed by atoms with Gasteiger partial charge in [-0.1, -0.05) is 11.6 Å². The van der Waals surface area contributed by atoms with Crippen molar-refractivity contribution in [2.45, 2.75) is 6.92 Å². The SMILES string of the molecule is CCOc1cc(C(=O)OC)nc2c(Cl)cc(I)cc12. The van der Waals surface area contributed by atoms with Gasteiger partial charge >= 0.3 is 5.97 Å². The molecule has 0 aliphatic heterocycles. The monoisotopic (exact) mass is 391 g/mol. The van der Waals surface area contributed by atoms with Gasteiger partial charge in [0.15, 0.2) is 5.69 Å². The number of esters is 1. The third kappa shape index (κ3) is 2.92. The van der Waals surface area contributed by atoms with Gasteiger partial charge in [-0.25, -0.2) is 9.78 Å². The van der Waals surface area contributed by atoms with Gasteiger partial charge in [-0.3, -0.25) is 0 Å². The molecule has 0 aliphatic carbocycles. The normalized spacial score (nSPS) is 10.5. The van der Waals surface area contributed by atoms with Gasteiger partial charge in [-0.05, 0) is 41.6 Å². The summed E-state index contributed by atoms with van der Waals surface area (Å²) in [6.45, 7) is 2.36. The fourth-order valence-electron chi connectivity index (χ4n) is 1.71. The molecule has 0 fully saturated rings. The average Bonchev–Trinajstić information content (AvgIpc) is 2.38. The van der Waals surface area contributed by atoms with Crippen LogP contribution in [-0.2, 0) is 4.74 Å². The van der Waals surface area contributed by atoms with E-state index in [0.717, 1.165) is 8.96 Å². The second kappa shape index (κ2) is 5.92. The maximum absolute atomic E-state index is 11.6. The first-order chi connectivity index (χ1) is 9.06. The first-order valence-corrected chi connectivity index (χ1v) is 7.03. The van der Waals surface area contributed by atoms with Crippen LogP contribution in [-0.4, -0.2) is 24.7 Å². The predicted octanol–water partition coefficient (Wildman–Crippen LogP) is 3.68. The van der Waals surface area contributed by atoms with Crippen LogP contribution in [0.15, 0.2) is 18.2 Å². The summed E-state index contributed by atoms with van der Waals surface area (Å²) in [5, 5.41) is 1.26. The van der Waals surface area contributed by atoms with Crippen LogP contribution in [0.2, 0.25) is 5.02 Å². The molecule has 6 heteroatoms. The van der Waals surface area contributed by atoms with E-state index >= 15 is 0 Å². The summed E-state index contributed by atoms with van der Waals surface area (Å²) in [7, 11) is 1.31. The molecular weight excluding hydrogens is 381 g/mol. The molecule has 0 saturated heterocycles. The highest BCUT2D eigenvalue weighted by Crippen LogP contribution is 2.32. The first kappa shape index (κ1) is 14.3. The largest absolute Gasteiger partial charge is 0.493 e. The standard InChI is InChI=1S/C13H11ClINO3/c1-3-19-11-6-10(13(17)18-2)16-12-8(11)4-7(15)5-9(12)14/h4-6H,3H2,1-2H3. The van der Waals surface area contributed by atoms with Crippen molar-refractivity contribution in [3.63, 3.8) is 0 Å². The molecule has 1 aromatic carbocycles. The number of hydrogen-bond donors (Lipinski definition) is 0. The molecule has 0 unspecified atom stereocenters. The lowest BCUT2D eigenvalue weighted by molar-refractivity contribution is 0.0594. The van der Waals surface area contributed by atoms with Gasteiger partial charge in [0, 0.05) is 15.0 Å². The molecule has 0 aliphatic rings. The summed E-state index contributed by atoms with van der Waals surface area (Å²) in [6, 6.07) is 5.28. The number of pyridine rings is 1. The Bertz CT molecular complexity index is 645. The molecule has 0 spiro atoms. The number of nitrogens with zero attached hydrogens (tertiary/aromatic N) is 1. The fourth-order valence-corrected chi connectivity index (χ4v) is 2.77. The molecule has 0 bridgehead atoms. The number of fused-ring (bicyclic) bond motifs is 1. The van der Waals surface area contributed by atoms with E-state index in [1.165, 1.54) is 7.11 Å². The van der Waals surface area contributed by atoms with Crippen LogP contribution in [0.3, 0.4) is 0 Å². The lowest BCUT2D eigenvalue weighted by Crippen LogP contribution is -2.06. The number of halogens is 2. The molecule has 19 heavy (non-hydrogen) atoms. The van der Waals surface area contributed by atoms with Gasteiger partial charge in [0.25, 0.3) is 0 Å². The Labute approximate surface area is 129 Å². The topological polar surface area (TPSA) is 48.4 Å². The summed E-state index contributed by atoms with van der Waals surface area (Å²) in [5.41, 5.74) is 0.718. The van der Waals surface area contributed by atoms with E-state index in [9.17, 15) is 4.79 Å². The molecule has 1 aromatic heterocycles. The fraction of sp³-hybridized carbons (Fsp3) is 0.231. The van der Waals surface area contributed by atoms with Crippen LogP contribution in [0, 0.1) is 3.57 Å². The minimum atomic E-state index is -0.516. The summed E-state index contributed by atoms with van der Waals surface area (Å²) in [4.78, 5) is 15.8. The van der Waals surface area contributed by atoms with Gasteiger partial charge in [0.1, 0.15) is 5.75 Å². The number of carbonyl (C=O) groups is 1. The number of aromatic nitrogens is 1. The third-order valence-corrected chi connectivity index (χ3v) is 3.40. The van der Waals surface area contributed by atoms with Crippen LogP contribution >= 0.6 is 34.2 Å². The van der Waals surface area contributed by atoms with E-state index in [4.69, 9.17) is 16.3 Å². The smallest absolute Gasteiger partial charge is 0.356 e. The van der Waals surface area contributed by atoms with Gasteiger partial charge in [0.05, 0.1) is 24.3 Å². The molecule has 0 saturated carbocycles. The predicted molar refractivity (Wildman–Crippen MR) is 82.0 cm³/mol. The molecule has 0 radical (unpaired) electrons. The quantitative estimate of drug-likeness (QED) is 0.592. The minimum absolute atomic E-state index is 0.182. The maximum atomic E-state index is 11.6. The van der Waals surface area contributed by atoms with Crippen LogP contribution in [0.25, 0.3) is 10.9 Å². The Hall–Kier alpha value is -1.08. The van der Waals surface area contributed by atoms with E-state index in [0.29, 0.717) is 22.9 Å². The van der Waals surface area contributed by atoms with E-state index < -0.39 is 5.97 Å². The average molecular weight is 392 g/mol. The van der Waals surface area contributed by atoms with Crippen molar-refractivity contribution < 1.29 is 14.3 Å². The molecular formula is C13H11ClINO3. The lowest BCUT2D eigenvalue weighted by Gasteiger charge is -2.10. The molecule has 4 nitrogen and oxygen atoms in total. The molecule has 0 N–H and O–H groups in total. The molecule has 100 valence electrons. The Morgan fingerprint density at radius 2 is 2.16 bits per heavy atom. The summed E-state index contributed by atoms with van der Waals surface area (Å²) in [6.07, 6.45) is 0. The Balaban J connectivity index is 2.75. The highest BCUT2D eigenvalue weighted by Gasteiger charge is 2.15. The number of ether oxygens (including phenoxy) is 2. The van der Waals surface area contributed by atoms with Crippen LogP contribution < -0.4 is 4.74 Å². The van der Waals surface area contributed by atoms with Gasteiger partial charge in [0.2, 0.25) is 0 Å². The lowest BCUT2D eigenvalue weighted by atomic mass is 10.2. The molecule has 0 atom stereocenters. The van der Waals surface area contributed by atoms with Crippen LogP contribution in [0.4, 0.5) is 0 Å². The third-order valence-electron chi connectivity index (χ3n) is 2.49. The van der Waals surface area contributed by atoms with E-state index in [2.05, 4.69) is 32.3 Å². The maximum Gasteiger partial charge on any atom is 0.356 e. The highest BCUT2D eigenvalue weighted by atomic mass is 127. The van der Waals surface area contributed by atoms with Crippen molar-refractivity contribution in [3.05, 3.63) is 32.5 Å². The van der Waals surface area contributed by atoms with Crippen molar-refractivity contribution in [1.82, 2.24) is 4.98 Å². The second-order valence-corrected chi connectivity index (χ2v) is 5.37. The Morgan fingerprint density at radius 3 is 2.79 bits per heavy atom. The van der Waals surface area contributed by atoms with Crippen molar-refractivity contribution in [1.29, 1.82) is 0 Å². The summed E-state index contributed by atoms with van der Waals surface area (Å²) < 4.78 is 11.2. The summed E-state index contributed by atoms with van der Waals surface area (Å²) >= 11 is 8.35. The number of rotatable bonds is 3. The second-order valence-electron chi connectivity index (χ2n) is 3.71. The zero-order valence-corrected chi connectivity index (χ0v) is 13.3. The molecule has 0 amide bonds. The number of carbonyl (C=O) groups excluding carboxylic acids is 1. The molecule has 2 rings (SSSR count). The number of benzene rings is 1. The van der Waals surface area contributed by atoms with E-state index in [-0.39, 0.29) is 5.69 Å². The molecule has 1 heterocycles. The van der Waals surface area contributed by atoms with Crippen LogP contribution in [0.5, 0.6) is 5.75 Å². The minimum Gasteiger partial charge on any atom is -0.493 e. The number of methoxy groups -OCH3 is 1. The van der Waals surface area contributed by atoms with Crippen molar-refractivity contribution in [2.75, 3.05) is 13.7 Å². The van der Waals surface area contributed by atoms with Crippen molar-refractivity contribution in [2.24, 2.45) is 0 Å². The zero-order chi connectivity index (χ0) is 14.0. The van der Waals surface area contributed by atoms with Crippen molar-refractivity contribution in [3.8, 4) is 5.75 Å². The summed E-state index contributed by atoms with van der Waals surface area (Å²) in [5.74, 6) is 0.0609. The van der Waals surface area contributed by atoms with Gasteiger partial charge in [-0.15, -0.1) is 0 Å². The van der Waals surface area contributed by atoms with Gasteiger partial charge < -0.3 is 9.47 Å². The number of hydrogen-bond acceptors (Lipinski definition) is 4. The van der Waals surface area contributed by atoms with Gasteiger partial charge in [-0.2, -0.15) is 0 Å². The van der Waals surface area contributed by atoms with E-state index in [1.807, 2.05) is 13.0 Å². The molecule has 2 aromatic rings. The Morgan fingerprint density at radius 1 is 1.42 bits per heavy atom. The first-order valence-electron chi connectivity index (χ1n) is 5.57. The zero-order valence-electron chi connectivity index (χ0n) is 10.4. The van der Waals surface area contributed by atoms with Crippen LogP contribution in [0.1, 0.15) is 17.4 Å². The highest BCUT2D eigenvalue weighted by molar-refractivity contribution is 14.1. The van der Waals surface area contributed by atoms with Crippen molar-refractivity contribution >= 4 is 51.1 Å². The van der Waals surface area contributed by atoms with E-state index in [1.54, 1.807) is 12.1 Å². The Kier molecular flexibility index (Phi) is 4.46.